The molecule has 1 amide bonds. The molecule has 3 nitrogen and oxygen atoms in total. The number of amides is 1. The zero-order valence-corrected chi connectivity index (χ0v) is 16.0. The van der Waals surface area contributed by atoms with Crippen molar-refractivity contribution in [3.63, 3.8) is 0 Å². The maximum Gasteiger partial charge on any atom is 0.232 e. The van der Waals surface area contributed by atoms with E-state index >= 15 is 0 Å². The molecule has 25 heavy (non-hydrogen) atoms. The Hall–Kier alpha value is -1.65. The SMILES string of the molecule is CC(C)N(C(=O)[C@H]1CC[C@H](C)C[C@H]1O)c1csc(-c2ccccc2)c1. The normalized spacial score (nSPS) is 23.6. The van der Waals surface area contributed by atoms with E-state index in [1.165, 1.54) is 5.56 Å². The van der Waals surface area contributed by atoms with E-state index in [1.54, 1.807) is 11.3 Å². The van der Waals surface area contributed by atoms with Crippen LogP contribution in [0.25, 0.3) is 10.4 Å². The molecule has 3 rings (SSSR count). The number of rotatable bonds is 4. The van der Waals surface area contributed by atoms with Gasteiger partial charge in [0.25, 0.3) is 0 Å². The molecule has 1 fully saturated rings. The lowest BCUT2D eigenvalue weighted by Gasteiger charge is -2.35. The van der Waals surface area contributed by atoms with Crippen molar-refractivity contribution in [3.8, 4) is 10.4 Å². The minimum Gasteiger partial charge on any atom is -0.392 e. The van der Waals surface area contributed by atoms with Crippen molar-refractivity contribution in [2.45, 2.75) is 52.2 Å². The molecule has 1 aromatic heterocycles. The molecule has 3 atom stereocenters. The third-order valence-corrected chi connectivity index (χ3v) is 6.04. The summed E-state index contributed by atoms with van der Waals surface area (Å²) in [4.78, 5) is 16.2. The van der Waals surface area contributed by atoms with E-state index in [4.69, 9.17) is 0 Å². The summed E-state index contributed by atoms with van der Waals surface area (Å²) in [6, 6.07) is 12.4. The van der Waals surface area contributed by atoms with Crippen LogP contribution in [0.5, 0.6) is 0 Å². The highest BCUT2D eigenvalue weighted by atomic mass is 32.1. The lowest BCUT2D eigenvalue weighted by atomic mass is 9.80. The summed E-state index contributed by atoms with van der Waals surface area (Å²) < 4.78 is 0. The van der Waals surface area contributed by atoms with Crippen LogP contribution in [-0.2, 0) is 4.79 Å². The number of anilines is 1. The van der Waals surface area contributed by atoms with Crippen LogP contribution in [0, 0.1) is 11.8 Å². The number of thiophene rings is 1. The first kappa shape index (κ1) is 18.2. The largest absolute Gasteiger partial charge is 0.392 e. The number of hydrogen-bond acceptors (Lipinski definition) is 3. The van der Waals surface area contributed by atoms with Gasteiger partial charge in [-0.2, -0.15) is 0 Å². The maximum absolute atomic E-state index is 13.2. The zero-order chi connectivity index (χ0) is 18.0. The Kier molecular flexibility index (Phi) is 5.60. The van der Waals surface area contributed by atoms with E-state index in [2.05, 4.69) is 30.5 Å². The lowest BCUT2D eigenvalue weighted by Crippen LogP contribution is -2.46. The van der Waals surface area contributed by atoms with Crippen LogP contribution in [0.4, 0.5) is 5.69 Å². The molecule has 0 saturated heterocycles. The van der Waals surface area contributed by atoms with E-state index in [0.29, 0.717) is 5.92 Å². The number of nitrogens with zero attached hydrogens (tertiary/aromatic N) is 1. The highest BCUT2D eigenvalue weighted by Gasteiger charge is 2.36. The Bertz CT molecular complexity index is 710. The molecule has 0 spiro atoms. The average Bonchev–Trinajstić information content (AvgIpc) is 3.05. The summed E-state index contributed by atoms with van der Waals surface area (Å²) in [5.74, 6) is 0.280. The maximum atomic E-state index is 13.2. The minimum atomic E-state index is -0.523. The van der Waals surface area contributed by atoms with Gasteiger partial charge >= 0.3 is 0 Å². The fourth-order valence-corrected chi connectivity index (χ4v) is 4.59. The summed E-state index contributed by atoms with van der Waals surface area (Å²) in [6.45, 7) is 6.22. The summed E-state index contributed by atoms with van der Waals surface area (Å²) >= 11 is 1.66. The molecule has 0 radical (unpaired) electrons. The number of hydrogen-bond donors (Lipinski definition) is 1. The average molecular weight is 358 g/mol. The molecular weight excluding hydrogens is 330 g/mol. The van der Waals surface area contributed by atoms with Crippen LogP contribution >= 0.6 is 11.3 Å². The summed E-state index contributed by atoms with van der Waals surface area (Å²) in [5, 5.41) is 12.5. The van der Waals surface area contributed by atoms with E-state index < -0.39 is 6.10 Å². The molecule has 1 N–H and O–H groups in total. The Morgan fingerprint density at radius 2 is 1.96 bits per heavy atom. The molecule has 1 heterocycles. The third-order valence-electron chi connectivity index (χ3n) is 5.07. The highest BCUT2D eigenvalue weighted by Crippen LogP contribution is 2.36. The Morgan fingerprint density at radius 3 is 2.60 bits per heavy atom. The van der Waals surface area contributed by atoms with Crippen molar-refractivity contribution in [3.05, 3.63) is 41.8 Å². The summed E-state index contributed by atoms with van der Waals surface area (Å²) in [5.41, 5.74) is 2.11. The third kappa shape index (κ3) is 3.96. The van der Waals surface area contributed by atoms with Crippen LogP contribution in [0.2, 0.25) is 0 Å². The quantitative estimate of drug-likeness (QED) is 0.841. The molecule has 1 aromatic carbocycles. The molecule has 0 aliphatic heterocycles. The first-order valence-corrected chi connectivity index (χ1v) is 10.0. The van der Waals surface area contributed by atoms with Gasteiger partial charge in [0.1, 0.15) is 0 Å². The molecular formula is C21H27NO2S. The van der Waals surface area contributed by atoms with Crippen LogP contribution in [-0.4, -0.2) is 23.2 Å². The molecule has 1 saturated carbocycles. The van der Waals surface area contributed by atoms with Crippen molar-refractivity contribution in [1.29, 1.82) is 0 Å². The fraction of sp³-hybridized carbons (Fsp3) is 0.476. The van der Waals surface area contributed by atoms with Gasteiger partial charge in [0, 0.05) is 16.3 Å². The van der Waals surface area contributed by atoms with Crippen molar-refractivity contribution in [2.75, 3.05) is 4.90 Å². The van der Waals surface area contributed by atoms with Gasteiger partial charge in [-0.15, -0.1) is 11.3 Å². The Balaban J connectivity index is 1.84. The topological polar surface area (TPSA) is 40.5 Å². The van der Waals surface area contributed by atoms with E-state index in [9.17, 15) is 9.90 Å². The van der Waals surface area contributed by atoms with Gasteiger partial charge in [-0.3, -0.25) is 4.79 Å². The van der Waals surface area contributed by atoms with Gasteiger partial charge in [-0.1, -0.05) is 37.3 Å². The number of aliphatic hydroxyl groups is 1. The minimum absolute atomic E-state index is 0.0619. The summed E-state index contributed by atoms with van der Waals surface area (Å²) in [7, 11) is 0. The van der Waals surface area contributed by atoms with E-state index in [0.717, 1.165) is 29.8 Å². The second kappa shape index (κ2) is 7.71. The first-order chi connectivity index (χ1) is 12.0. The van der Waals surface area contributed by atoms with Gasteiger partial charge in [0.05, 0.1) is 17.7 Å². The smallest absolute Gasteiger partial charge is 0.232 e. The predicted octanol–water partition coefficient (Wildman–Crippen LogP) is 4.95. The Labute approximate surface area is 154 Å². The molecule has 1 aliphatic rings. The molecule has 0 bridgehead atoms. The van der Waals surface area contributed by atoms with Gasteiger partial charge < -0.3 is 10.0 Å². The van der Waals surface area contributed by atoms with Crippen LogP contribution in [0.3, 0.4) is 0 Å². The van der Waals surface area contributed by atoms with Gasteiger partial charge in [0.2, 0.25) is 5.91 Å². The molecule has 2 aromatic rings. The van der Waals surface area contributed by atoms with E-state index in [1.807, 2.05) is 36.9 Å². The second-order valence-electron chi connectivity index (χ2n) is 7.43. The van der Waals surface area contributed by atoms with E-state index in [-0.39, 0.29) is 17.9 Å². The van der Waals surface area contributed by atoms with Gasteiger partial charge in [0.15, 0.2) is 0 Å². The van der Waals surface area contributed by atoms with Crippen LogP contribution in [0.1, 0.15) is 40.0 Å². The number of carbonyl (C=O) groups is 1. The standard InChI is InChI=1S/C21H27NO2S/c1-14(2)22(21(24)18-10-9-15(3)11-19(18)23)17-12-20(25-13-17)16-7-5-4-6-8-16/h4-8,12-15,18-19,23H,9-11H2,1-3H3/t15-,18-,19+/m0/s1. The fourth-order valence-electron chi connectivity index (χ4n) is 3.70. The zero-order valence-electron chi connectivity index (χ0n) is 15.2. The molecule has 4 heteroatoms. The number of aliphatic hydroxyl groups excluding tert-OH is 1. The number of carbonyl (C=O) groups excluding carboxylic acids is 1. The molecule has 0 unspecified atom stereocenters. The predicted molar refractivity (Wildman–Crippen MR) is 105 cm³/mol. The summed E-state index contributed by atoms with van der Waals surface area (Å²) in [6.07, 6.45) is 1.99. The monoisotopic (exact) mass is 357 g/mol. The van der Waals surface area contributed by atoms with Crippen LogP contribution < -0.4 is 4.90 Å². The molecule has 1 aliphatic carbocycles. The van der Waals surface area contributed by atoms with Crippen molar-refractivity contribution in [2.24, 2.45) is 11.8 Å². The highest BCUT2D eigenvalue weighted by molar-refractivity contribution is 7.14. The van der Waals surface area contributed by atoms with Gasteiger partial charge in [-0.05, 0) is 50.7 Å². The lowest BCUT2D eigenvalue weighted by molar-refractivity contribution is -0.128. The first-order valence-electron chi connectivity index (χ1n) is 9.12. The Morgan fingerprint density at radius 1 is 1.24 bits per heavy atom. The van der Waals surface area contributed by atoms with Crippen LogP contribution in [0.15, 0.2) is 41.8 Å². The van der Waals surface area contributed by atoms with Gasteiger partial charge in [-0.25, -0.2) is 0 Å². The molecule has 134 valence electrons. The second-order valence-corrected chi connectivity index (χ2v) is 8.34. The van der Waals surface area contributed by atoms with Crippen molar-refractivity contribution >= 4 is 22.9 Å². The van der Waals surface area contributed by atoms with Crippen molar-refractivity contribution < 1.29 is 9.90 Å². The van der Waals surface area contributed by atoms with Crippen molar-refractivity contribution in [1.82, 2.24) is 0 Å². The number of benzene rings is 1.